The van der Waals surface area contributed by atoms with Crippen molar-refractivity contribution >= 4 is 17.7 Å². The molecule has 0 atom stereocenters. The summed E-state index contributed by atoms with van der Waals surface area (Å²) in [7, 11) is 1.28. The third-order valence-corrected chi connectivity index (χ3v) is 1.80. The second-order valence-electron chi connectivity index (χ2n) is 2.67. The zero-order valence-electron chi connectivity index (χ0n) is 7.90. The van der Waals surface area contributed by atoms with Crippen molar-refractivity contribution in [1.29, 1.82) is 0 Å². The molecule has 0 amide bonds. The Balaban J connectivity index is 3.34. The number of carbonyl (C=O) groups excluding carboxylic acids is 2. The van der Waals surface area contributed by atoms with Crippen LogP contribution in [0.15, 0.2) is 23.2 Å². The van der Waals surface area contributed by atoms with Crippen LogP contribution in [-0.4, -0.2) is 19.2 Å². The lowest BCUT2D eigenvalue weighted by atomic mass is 10.1. The number of para-hydroxylation sites is 1. The number of aryl methyl sites for hydroxylation is 1. The van der Waals surface area contributed by atoms with Crippen molar-refractivity contribution < 1.29 is 14.3 Å². The summed E-state index contributed by atoms with van der Waals surface area (Å²) < 4.78 is 4.55. The van der Waals surface area contributed by atoms with E-state index in [2.05, 4.69) is 9.73 Å². The first-order chi connectivity index (χ1) is 6.70. The fourth-order valence-electron chi connectivity index (χ4n) is 1.13. The zero-order valence-corrected chi connectivity index (χ0v) is 7.90. The van der Waals surface area contributed by atoms with Gasteiger partial charge in [0.2, 0.25) is 6.08 Å². The number of rotatable bonds is 2. The summed E-state index contributed by atoms with van der Waals surface area (Å²) in [6.07, 6.45) is 1.41. The quantitative estimate of drug-likeness (QED) is 0.406. The minimum absolute atomic E-state index is 0.274. The summed E-state index contributed by atoms with van der Waals surface area (Å²) in [5, 5.41) is 0. The minimum Gasteiger partial charge on any atom is -0.465 e. The summed E-state index contributed by atoms with van der Waals surface area (Å²) in [6, 6.07) is 5.00. The van der Waals surface area contributed by atoms with Gasteiger partial charge in [-0.3, -0.25) is 0 Å². The number of nitrogens with zero attached hydrogens (tertiary/aromatic N) is 1. The molecular weight excluding hydrogens is 182 g/mol. The molecule has 0 saturated carbocycles. The molecule has 1 rings (SSSR count). The first kappa shape index (κ1) is 10.2. The highest BCUT2D eigenvalue weighted by molar-refractivity contribution is 5.95. The van der Waals surface area contributed by atoms with E-state index >= 15 is 0 Å². The summed E-state index contributed by atoms with van der Waals surface area (Å²) in [6.45, 7) is 1.75. The van der Waals surface area contributed by atoms with Crippen LogP contribution in [0.25, 0.3) is 0 Å². The highest BCUT2D eigenvalue weighted by Crippen LogP contribution is 2.23. The molecule has 72 valence electrons. The molecule has 0 bridgehead atoms. The Labute approximate surface area is 81.2 Å². The topological polar surface area (TPSA) is 55.7 Å². The van der Waals surface area contributed by atoms with E-state index in [1.807, 2.05) is 0 Å². The number of benzene rings is 1. The van der Waals surface area contributed by atoms with Gasteiger partial charge in [-0.25, -0.2) is 9.59 Å². The van der Waals surface area contributed by atoms with Crippen molar-refractivity contribution in [3.8, 4) is 0 Å². The fourth-order valence-corrected chi connectivity index (χ4v) is 1.13. The highest BCUT2D eigenvalue weighted by atomic mass is 16.5. The lowest BCUT2D eigenvalue weighted by Crippen LogP contribution is -2.01. The van der Waals surface area contributed by atoms with Gasteiger partial charge in [0.05, 0.1) is 18.4 Å². The predicted molar refractivity (Wildman–Crippen MR) is 50.3 cm³/mol. The van der Waals surface area contributed by atoms with E-state index in [1.54, 1.807) is 25.1 Å². The number of carbonyl (C=O) groups is 1. The first-order valence-electron chi connectivity index (χ1n) is 3.96. The van der Waals surface area contributed by atoms with Gasteiger partial charge in [-0.2, -0.15) is 4.99 Å². The molecule has 0 spiro atoms. The fraction of sp³-hybridized carbons (Fsp3) is 0.200. The number of isocyanates is 1. The van der Waals surface area contributed by atoms with Crippen molar-refractivity contribution in [2.45, 2.75) is 6.92 Å². The van der Waals surface area contributed by atoms with E-state index in [0.717, 1.165) is 5.56 Å². The third kappa shape index (κ3) is 1.87. The van der Waals surface area contributed by atoms with Crippen molar-refractivity contribution in [3.05, 3.63) is 29.3 Å². The molecule has 4 nitrogen and oxygen atoms in total. The van der Waals surface area contributed by atoms with Crippen LogP contribution >= 0.6 is 0 Å². The molecule has 0 fully saturated rings. The molecule has 0 heterocycles. The second-order valence-corrected chi connectivity index (χ2v) is 2.67. The summed E-state index contributed by atoms with van der Waals surface area (Å²) in [5.41, 5.74) is 1.32. The first-order valence-corrected chi connectivity index (χ1v) is 3.96. The predicted octanol–water partition coefficient (Wildman–Crippen LogP) is 1.75. The number of methoxy groups -OCH3 is 1. The number of aliphatic imine (C=N–C) groups is 1. The Bertz CT molecular complexity index is 406. The largest absolute Gasteiger partial charge is 0.465 e. The van der Waals surface area contributed by atoms with E-state index in [0.29, 0.717) is 5.69 Å². The van der Waals surface area contributed by atoms with E-state index in [9.17, 15) is 9.59 Å². The molecule has 0 aliphatic carbocycles. The molecule has 0 N–H and O–H groups in total. The molecule has 0 aliphatic heterocycles. The average Bonchev–Trinajstić information content (AvgIpc) is 2.20. The van der Waals surface area contributed by atoms with E-state index in [1.165, 1.54) is 13.2 Å². The summed E-state index contributed by atoms with van der Waals surface area (Å²) in [5.74, 6) is -0.511. The molecule has 0 saturated heterocycles. The van der Waals surface area contributed by atoms with Gasteiger partial charge in [-0.1, -0.05) is 12.1 Å². The SMILES string of the molecule is COC(=O)c1cccc(C)c1N=C=O. The van der Waals surface area contributed by atoms with Crippen LogP contribution in [0.1, 0.15) is 15.9 Å². The minimum atomic E-state index is -0.511. The molecular formula is C10H9NO3. The van der Waals surface area contributed by atoms with Crippen molar-refractivity contribution in [2.75, 3.05) is 7.11 Å². The van der Waals surface area contributed by atoms with Crippen LogP contribution in [0.2, 0.25) is 0 Å². The second kappa shape index (κ2) is 4.35. The maximum atomic E-state index is 11.2. The van der Waals surface area contributed by atoms with Gasteiger partial charge in [0, 0.05) is 0 Å². The number of esters is 1. The van der Waals surface area contributed by atoms with Gasteiger partial charge in [-0.05, 0) is 18.6 Å². The Hall–Kier alpha value is -1.93. The van der Waals surface area contributed by atoms with Crippen molar-refractivity contribution in [2.24, 2.45) is 4.99 Å². The standard InChI is InChI=1S/C10H9NO3/c1-7-4-3-5-8(10(13)14-2)9(7)11-6-12/h3-5H,1-2H3. The van der Waals surface area contributed by atoms with Crippen molar-refractivity contribution in [3.63, 3.8) is 0 Å². The van der Waals surface area contributed by atoms with Crippen molar-refractivity contribution in [1.82, 2.24) is 0 Å². The van der Waals surface area contributed by atoms with Gasteiger partial charge >= 0.3 is 5.97 Å². The number of hydrogen-bond acceptors (Lipinski definition) is 4. The van der Waals surface area contributed by atoms with Gasteiger partial charge in [0.1, 0.15) is 0 Å². The Kier molecular flexibility index (Phi) is 3.15. The molecule has 14 heavy (non-hydrogen) atoms. The third-order valence-electron chi connectivity index (χ3n) is 1.80. The van der Waals surface area contributed by atoms with Gasteiger partial charge in [0.25, 0.3) is 0 Å². The van der Waals surface area contributed by atoms with Crippen LogP contribution in [0, 0.1) is 6.92 Å². The molecule has 1 aromatic rings. The lowest BCUT2D eigenvalue weighted by Gasteiger charge is -2.04. The maximum Gasteiger partial charge on any atom is 0.340 e. The number of ether oxygens (including phenoxy) is 1. The van der Waals surface area contributed by atoms with Crippen LogP contribution < -0.4 is 0 Å². The molecule has 4 heteroatoms. The smallest absolute Gasteiger partial charge is 0.340 e. The number of hydrogen-bond donors (Lipinski definition) is 0. The molecule has 1 aromatic carbocycles. The average molecular weight is 191 g/mol. The molecule has 0 aliphatic rings. The Morgan fingerprint density at radius 2 is 2.21 bits per heavy atom. The van der Waals surface area contributed by atoms with Crippen LogP contribution in [-0.2, 0) is 9.53 Å². The van der Waals surface area contributed by atoms with Crippen LogP contribution in [0.5, 0.6) is 0 Å². The zero-order chi connectivity index (χ0) is 10.6. The summed E-state index contributed by atoms with van der Waals surface area (Å²) >= 11 is 0. The molecule has 0 unspecified atom stereocenters. The Morgan fingerprint density at radius 3 is 2.79 bits per heavy atom. The summed E-state index contributed by atoms with van der Waals surface area (Å²) in [4.78, 5) is 24.9. The van der Waals surface area contributed by atoms with Gasteiger partial charge < -0.3 is 4.74 Å². The lowest BCUT2D eigenvalue weighted by molar-refractivity contribution is 0.0601. The van der Waals surface area contributed by atoms with Gasteiger partial charge in [-0.15, -0.1) is 0 Å². The van der Waals surface area contributed by atoms with Crippen LogP contribution in [0.3, 0.4) is 0 Å². The monoisotopic (exact) mass is 191 g/mol. The highest BCUT2D eigenvalue weighted by Gasteiger charge is 2.12. The maximum absolute atomic E-state index is 11.2. The van der Waals surface area contributed by atoms with E-state index in [-0.39, 0.29) is 5.56 Å². The Morgan fingerprint density at radius 1 is 1.50 bits per heavy atom. The van der Waals surface area contributed by atoms with E-state index < -0.39 is 5.97 Å². The van der Waals surface area contributed by atoms with Gasteiger partial charge in [0.15, 0.2) is 0 Å². The molecule has 0 aromatic heterocycles. The molecule has 0 radical (unpaired) electrons. The van der Waals surface area contributed by atoms with Crippen LogP contribution in [0.4, 0.5) is 5.69 Å². The normalized spacial score (nSPS) is 9.00. The van der Waals surface area contributed by atoms with E-state index in [4.69, 9.17) is 0 Å².